The van der Waals surface area contributed by atoms with Crippen LogP contribution in [0.5, 0.6) is 0 Å². The standard InChI is InChI=1S/C24H24FN9O2/c1-13(2)29-24(35)36-19-6-5-16(21(19)25)18-8-20(33-32-18)31-23-28-11-17(14-4-3-7-27-10-14)22-30-15(9-26)12-34(22)23/h3-4,7-8,10-13,16,19,21H,5-6H2,1-2H3,(H,29,35)(H2,28,31,32,33)/t16-,19-,21-/m1/s1. The molecule has 1 amide bonds. The average molecular weight is 490 g/mol. The van der Waals surface area contributed by atoms with Gasteiger partial charge < -0.3 is 15.4 Å². The number of hydrogen-bond acceptors (Lipinski definition) is 8. The Morgan fingerprint density at radius 3 is 2.97 bits per heavy atom. The number of aromatic amines is 1. The third kappa shape index (κ3) is 4.55. The number of aromatic nitrogens is 6. The molecule has 0 aliphatic heterocycles. The Morgan fingerprint density at radius 1 is 1.36 bits per heavy atom. The van der Waals surface area contributed by atoms with Gasteiger partial charge >= 0.3 is 6.09 Å². The van der Waals surface area contributed by atoms with E-state index < -0.39 is 24.3 Å². The molecule has 0 unspecified atom stereocenters. The lowest BCUT2D eigenvalue weighted by molar-refractivity contribution is 0.0555. The van der Waals surface area contributed by atoms with Crippen molar-refractivity contribution in [3.8, 4) is 17.2 Å². The fourth-order valence-electron chi connectivity index (χ4n) is 4.33. The van der Waals surface area contributed by atoms with Gasteiger partial charge in [-0.15, -0.1) is 0 Å². The average Bonchev–Trinajstić information content (AvgIpc) is 3.59. The van der Waals surface area contributed by atoms with E-state index >= 15 is 4.39 Å². The zero-order valence-electron chi connectivity index (χ0n) is 19.6. The first kappa shape index (κ1) is 23.2. The minimum atomic E-state index is -1.35. The molecule has 1 fully saturated rings. The van der Waals surface area contributed by atoms with Crippen molar-refractivity contribution in [2.75, 3.05) is 5.32 Å². The Kier molecular flexibility index (Phi) is 6.20. The maximum absolute atomic E-state index is 15.1. The number of halogens is 1. The lowest BCUT2D eigenvalue weighted by Crippen LogP contribution is -2.36. The van der Waals surface area contributed by atoms with Gasteiger partial charge in [-0.1, -0.05) is 6.07 Å². The number of imidazole rings is 1. The first-order valence-electron chi connectivity index (χ1n) is 11.5. The Morgan fingerprint density at radius 2 is 2.22 bits per heavy atom. The number of carbonyl (C=O) groups is 1. The minimum absolute atomic E-state index is 0.0905. The molecule has 0 bridgehead atoms. The van der Waals surface area contributed by atoms with Crippen LogP contribution in [-0.2, 0) is 4.74 Å². The summed E-state index contributed by atoms with van der Waals surface area (Å²) in [4.78, 5) is 24.9. The highest BCUT2D eigenvalue weighted by Gasteiger charge is 2.41. The number of rotatable bonds is 6. The molecule has 1 aliphatic rings. The van der Waals surface area contributed by atoms with Crippen LogP contribution in [0.15, 0.2) is 43.0 Å². The number of carbonyl (C=O) groups excluding carboxylic acids is 1. The number of anilines is 2. The second-order valence-corrected chi connectivity index (χ2v) is 8.87. The molecule has 1 saturated carbocycles. The van der Waals surface area contributed by atoms with E-state index in [1.54, 1.807) is 35.3 Å². The second-order valence-electron chi connectivity index (χ2n) is 8.87. The molecule has 12 heteroatoms. The molecular weight excluding hydrogens is 465 g/mol. The quantitative estimate of drug-likeness (QED) is 0.370. The van der Waals surface area contributed by atoms with Gasteiger partial charge in [0.25, 0.3) is 0 Å². The molecule has 0 radical (unpaired) electrons. The topological polar surface area (TPSA) is 146 Å². The highest BCUT2D eigenvalue weighted by molar-refractivity contribution is 5.78. The van der Waals surface area contributed by atoms with Gasteiger partial charge in [0.1, 0.15) is 18.3 Å². The van der Waals surface area contributed by atoms with Gasteiger partial charge in [-0.05, 0) is 32.8 Å². The summed E-state index contributed by atoms with van der Waals surface area (Å²) < 4.78 is 22.0. The molecule has 36 heavy (non-hydrogen) atoms. The number of nitrogens with zero attached hydrogens (tertiary/aromatic N) is 6. The first-order chi connectivity index (χ1) is 17.4. The number of hydrogen-bond donors (Lipinski definition) is 3. The molecule has 0 spiro atoms. The van der Waals surface area contributed by atoms with Crippen LogP contribution in [-0.4, -0.2) is 54.0 Å². The van der Waals surface area contributed by atoms with Crippen LogP contribution in [0.1, 0.15) is 44.0 Å². The van der Waals surface area contributed by atoms with Gasteiger partial charge in [0.2, 0.25) is 5.95 Å². The molecular formula is C24H24FN9O2. The number of alkyl carbamates (subject to hydrolysis) is 1. The van der Waals surface area contributed by atoms with Crippen molar-refractivity contribution in [1.82, 2.24) is 34.9 Å². The molecule has 3 N–H and O–H groups in total. The third-order valence-corrected chi connectivity index (χ3v) is 5.98. The lowest BCUT2D eigenvalue weighted by Gasteiger charge is -2.18. The van der Waals surface area contributed by atoms with Crippen molar-refractivity contribution < 1.29 is 13.9 Å². The van der Waals surface area contributed by atoms with Crippen molar-refractivity contribution in [1.29, 1.82) is 5.26 Å². The van der Waals surface area contributed by atoms with Crippen LogP contribution in [0.2, 0.25) is 0 Å². The van der Waals surface area contributed by atoms with Crippen LogP contribution in [0, 0.1) is 11.3 Å². The van der Waals surface area contributed by atoms with E-state index in [2.05, 4.69) is 41.9 Å². The number of amides is 1. The Bertz CT molecular complexity index is 1430. The van der Waals surface area contributed by atoms with E-state index in [1.165, 1.54) is 0 Å². The van der Waals surface area contributed by atoms with Crippen molar-refractivity contribution in [2.45, 2.75) is 50.9 Å². The molecule has 0 saturated heterocycles. The largest absolute Gasteiger partial charge is 0.443 e. The Balaban J connectivity index is 1.35. The normalized spacial score (nSPS) is 19.4. The van der Waals surface area contributed by atoms with Crippen molar-refractivity contribution in [3.05, 3.63) is 54.4 Å². The zero-order valence-corrected chi connectivity index (χ0v) is 19.6. The van der Waals surface area contributed by atoms with Crippen LogP contribution >= 0.6 is 0 Å². The van der Waals surface area contributed by atoms with E-state index in [9.17, 15) is 10.1 Å². The smallest absolute Gasteiger partial charge is 0.407 e. The summed E-state index contributed by atoms with van der Waals surface area (Å²) in [6.07, 6.45) is 4.74. The van der Waals surface area contributed by atoms with Gasteiger partial charge in [-0.2, -0.15) is 10.4 Å². The third-order valence-electron chi connectivity index (χ3n) is 5.98. The highest BCUT2D eigenvalue weighted by atomic mass is 19.1. The molecule has 11 nitrogen and oxygen atoms in total. The Labute approximate surface area is 205 Å². The summed E-state index contributed by atoms with van der Waals surface area (Å²) in [5, 5.41) is 22.3. The SMILES string of the molecule is CC(C)NC(=O)O[C@@H]1CC[C@H](c2cc(Nc3ncc(-c4cccnc4)c4nc(C#N)cn34)n[nH]2)[C@H]1F. The maximum atomic E-state index is 15.1. The molecule has 3 atom stereocenters. The number of ether oxygens (including phenoxy) is 1. The molecule has 184 valence electrons. The number of pyridine rings is 1. The van der Waals surface area contributed by atoms with E-state index in [-0.39, 0.29) is 11.7 Å². The number of H-pyrrole nitrogens is 1. The molecule has 0 aromatic carbocycles. The summed E-state index contributed by atoms with van der Waals surface area (Å²) in [6, 6.07) is 7.37. The van der Waals surface area contributed by atoms with Gasteiger partial charge in [-0.25, -0.2) is 19.2 Å². The predicted molar refractivity (Wildman–Crippen MR) is 128 cm³/mol. The van der Waals surface area contributed by atoms with Gasteiger partial charge in [0.15, 0.2) is 17.2 Å². The van der Waals surface area contributed by atoms with Crippen LogP contribution in [0.4, 0.5) is 21.0 Å². The number of fused-ring (bicyclic) bond motifs is 1. The summed E-state index contributed by atoms with van der Waals surface area (Å²) in [5.41, 5.74) is 2.89. The molecule has 5 rings (SSSR count). The van der Waals surface area contributed by atoms with Crippen molar-refractivity contribution >= 4 is 23.5 Å². The molecule has 4 aromatic rings. The van der Waals surface area contributed by atoms with E-state index in [0.29, 0.717) is 35.9 Å². The number of nitriles is 1. The number of nitrogens with one attached hydrogen (secondary N) is 3. The predicted octanol–water partition coefficient (Wildman–Crippen LogP) is 3.85. The highest BCUT2D eigenvalue weighted by Crippen LogP contribution is 2.38. The van der Waals surface area contributed by atoms with Crippen molar-refractivity contribution in [3.63, 3.8) is 0 Å². The summed E-state index contributed by atoms with van der Waals surface area (Å²) in [5.74, 6) is 0.331. The van der Waals surface area contributed by atoms with E-state index in [0.717, 1.165) is 11.1 Å². The van der Waals surface area contributed by atoms with Crippen LogP contribution in [0.25, 0.3) is 16.8 Å². The monoisotopic (exact) mass is 489 g/mol. The van der Waals surface area contributed by atoms with Gasteiger partial charge in [0.05, 0.1) is 6.20 Å². The van der Waals surface area contributed by atoms with E-state index in [4.69, 9.17) is 4.74 Å². The second kappa shape index (κ2) is 9.61. The van der Waals surface area contributed by atoms with Crippen LogP contribution < -0.4 is 10.6 Å². The van der Waals surface area contributed by atoms with E-state index in [1.807, 2.05) is 26.0 Å². The Hall–Kier alpha value is -4.53. The summed E-state index contributed by atoms with van der Waals surface area (Å²) >= 11 is 0. The zero-order chi connectivity index (χ0) is 25.2. The summed E-state index contributed by atoms with van der Waals surface area (Å²) in [6.45, 7) is 3.62. The van der Waals surface area contributed by atoms with Gasteiger partial charge in [0, 0.05) is 53.4 Å². The molecule has 4 aromatic heterocycles. The lowest BCUT2D eigenvalue weighted by atomic mass is 10.0. The molecule has 1 aliphatic carbocycles. The fraction of sp³-hybridized carbons (Fsp3) is 0.333. The minimum Gasteiger partial charge on any atom is -0.443 e. The maximum Gasteiger partial charge on any atom is 0.407 e. The molecule has 4 heterocycles. The fourth-order valence-corrected chi connectivity index (χ4v) is 4.33. The van der Waals surface area contributed by atoms with Crippen LogP contribution in [0.3, 0.4) is 0 Å². The van der Waals surface area contributed by atoms with Gasteiger partial charge in [-0.3, -0.25) is 14.5 Å². The first-order valence-corrected chi connectivity index (χ1v) is 11.5. The number of alkyl halides is 1. The van der Waals surface area contributed by atoms with Crippen molar-refractivity contribution in [2.24, 2.45) is 0 Å². The summed E-state index contributed by atoms with van der Waals surface area (Å²) in [7, 11) is 0.